The molecule has 0 saturated carbocycles. The number of hydrogen-bond donors (Lipinski definition) is 0. The van der Waals surface area contributed by atoms with Crippen LogP contribution in [0, 0.1) is 0 Å². The Kier molecular flexibility index (Phi) is 30.3. The molecule has 220 valence electrons. The number of ether oxygens (including phenoxy) is 2. The standard InChI is InChI=1S/C33H64O4/c1-3-5-7-9-22-26-30-36-32(34)28-24-20-18-16-14-12-11-13-15-17-19-21-25-29-33(35)37-31-27-23-10-8-6-4-2/h3-31H2,1-2H3. The van der Waals surface area contributed by atoms with Gasteiger partial charge in [-0.15, -0.1) is 0 Å². The van der Waals surface area contributed by atoms with Crippen LogP contribution >= 0.6 is 0 Å². The Balaban J connectivity index is 3.19. The fourth-order valence-corrected chi connectivity index (χ4v) is 4.76. The van der Waals surface area contributed by atoms with E-state index in [0.717, 1.165) is 38.5 Å². The molecule has 0 fully saturated rings. The zero-order valence-electron chi connectivity index (χ0n) is 25.1. The van der Waals surface area contributed by atoms with Crippen LogP contribution < -0.4 is 0 Å². The maximum absolute atomic E-state index is 11.8. The zero-order valence-corrected chi connectivity index (χ0v) is 25.1. The summed E-state index contributed by atoms with van der Waals surface area (Å²) in [4.78, 5) is 23.5. The molecule has 0 amide bonds. The average Bonchev–Trinajstić information content (AvgIpc) is 2.89. The van der Waals surface area contributed by atoms with Gasteiger partial charge in [0.25, 0.3) is 0 Å². The summed E-state index contributed by atoms with van der Waals surface area (Å²) in [6.07, 6.45) is 31.9. The van der Waals surface area contributed by atoms with Gasteiger partial charge >= 0.3 is 11.9 Å². The smallest absolute Gasteiger partial charge is 0.305 e. The summed E-state index contributed by atoms with van der Waals surface area (Å²) in [5, 5.41) is 0. The van der Waals surface area contributed by atoms with Crippen molar-refractivity contribution in [2.24, 2.45) is 0 Å². The van der Waals surface area contributed by atoms with E-state index in [2.05, 4.69) is 13.8 Å². The van der Waals surface area contributed by atoms with E-state index in [4.69, 9.17) is 9.47 Å². The van der Waals surface area contributed by atoms with Gasteiger partial charge in [0.1, 0.15) is 0 Å². The molecule has 0 rings (SSSR count). The van der Waals surface area contributed by atoms with Gasteiger partial charge in [-0.3, -0.25) is 9.59 Å². The minimum Gasteiger partial charge on any atom is -0.466 e. The second kappa shape index (κ2) is 31.2. The summed E-state index contributed by atoms with van der Waals surface area (Å²) < 4.78 is 10.7. The Morgan fingerprint density at radius 2 is 0.595 bits per heavy atom. The van der Waals surface area contributed by atoms with Crippen LogP contribution in [0.2, 0.25) is 0 Å². The molecule has 0 aliphatic carbocycles. The summed E-state index contributed by atoms with van der Waals surface area (Å²) in [5.41, 5.74) is 0. The van der Waals surface area contributed by atoms with E-state index in [-0.39, 0.29) is 11.9 Å². The number of rotatable bonds is 30. The topological polar surface area (TPSA) is 52.6 Å². The maximum atomic E-state index is 11.8. The predicted octanol–water partition coefficient (Wildman–Crippen LogP) is 10.6. The van der Waals surface area contributed by atoms with Gasteiger partial charge in [-0.2, -0.15) is 0 Å². The molecule has 0 radical (unpaired) electrons. The van der Waals surface area contributed by atoms with Gasteiger partial charge in [0, 0.05) is 12.8 Å². The average molecular weight is 525 g/mol. The van der Waals surface area contributed by atoms with Crippen LogP contribution in [0.1, 0.15) is 187 Å². The second-order valence-electron chi connectivity index (χ2n) is 11.1. The van der Waals surface area contributed by atoms with Gasteiger partial charge in [0.05, 0.1) is 13.2 Å². The van der Waals surface area contributed by atoms with E-state index in [1.807, 2.05) is 0 Å². The van der Waals surface area contributed by atoms with Crippen LogP contribution in [0.25, 0.3) is 0 Å². The van der Waals surface area contributed by atoms with Crippen molar-refractivity contribution >= 4 is 11.9 Å². The molecule has 0 unspecified atom stereocenters. The first kappa shape index (κ1) is 35.9. The largest absolute Gasteiger partial charge is 0.466 e. The van der Waals surface area contributed by atoms with Gasteiger partial charge in [-0.05, 0) is 25.7 Å². The van der Waals surface area contributed by atoms with Crippen molar-refractivity contribution in [1.29, 1.82) is 0 Å². The Morgan fingerprint density at radius 1 is 0.351 bits per heavy atom. The van der Waals surface area contributed by atoms with Gasteiger partial charge in [0.2, 0.25) is 0 Å². The molecular formula is C33H64O4. The van der Waals surface area contributed by atoms with Gasteiger partial charge in [-0.1, -0.05) is 149 Å². The number of hydrogen-bond acceptors (Lipinski definition) is 4. The molecular weight excluding hydrogens is 460 g/mol. The fourth-order valence-electron chi connectivity index (χ4n) is 4.76. The highest BCUT2D eigenvalue weighted by Gasteiger charge is 2.04. The molecule has 37 heavy (non-hydrogen) atoms. The molecule has 0 aromatic rings. The van der Waals surface area contributed by atoms with Crippen molar-refractivity contribution in [1.82, 2.24) is 0 Å². The van der Waals surface area contributed by atoms with Crippen molar-refractivity contribution in [2.45, 2.75) is 187 Å². The number of unbranched alkanes of at least 4 members (excludes halogenated alkanes) is 22. The molecule has 0 aliphatic rings. The van der Waals surface area contributed by atoms with Gasteiger partial charge in [-0.25, -0.2) is 0 Å². The molecule has 4 nitrogen and oxygen atoms in total. The van der Waals surface area contributed by atoms with E-state index < -0.39 is 0 Å². The Labute approximate surface area is 231 Å². The lowest BCUT2D eigenvalue weighted by Gasteiger charge is -2.06. The maximum Gasteiger partial charge on any atom is 0.305 e. The molecule has 0 heterocycles. The molecule has 0 N–H and O–H groups in total. The van der Waals surface area contributed by atoms with E-state index in [0.29, 0.717) is 26.1 Å². The monoisotopic (exact) mass is 524 g/mol. The van der Waals surface area contributed by atoms with Crippen molar-refractivity contribution in [3.63, 3.8) is 0 Å². The molecule has 0 aliphatic heterocycles. The molecule has 0 bridgehead atoms. The third-order valence-corrected chi connectivity index (χ3v) is 7.28. The summed E-state index contributed by atoms with van der Waals surface area (Å²) in [6, 6.07) is 0. The molecule has 0 spiro atoms. The van der Waals surface area contributed by atoms with Crippen LogP contribution in [0.3, 0.4) is 0 Å². The lowest BCUT2D eigenvalue weighted by Crippen LogP contribution is -2.05. The first-order chi connectivity index (χ1) is 18.2. The number of carbonyl (C=O) groups excluding carboxylic acids is 2. The van der Waals surface area contributed by atoms with E-state index >= 15 is 0 Å². The van der Waals surface area contributed by atoms with Crippen LogP contribution in [0.4, 0.5) is 0 Å². The highest BCUT2D eigenvalue weighted by molar-refractivity contribution is 5.69. The minimum atomic E-state index is -0.00279. The number of carbonyl (C=O) groups is 2. The Morgan fingerprint density at radius 3 is 0.892 bits per heavy atom. The van der Waals surface area contributed by atoms with Crippen LogP contribution in [-0.2, 0) is 19.1 Å². The van der Waals surface area contributed by atoms with Crippen LogP contribution in [0.5, 0.6) is 0 Å². The molecule has 4 heteroatoms. The summed E-state index contributed by atoms with van der Waals surface area (Å²) in [5.74, 6) is -0.00558. The van der Waals surface area contributed by atoms with E-state index in [1.54, 1.807) is 0 Å². The minimum absolute atomic E-state index is 0.00279. The number of esters is 2. The van der Waals surface area contributed by atoms with Crippen molar-refractivity contribution in [3.8, 4) is 0 Å². The summed E-state index contributed by atoms with van der Waals surface area (Å²) in [6.45, 7) is 5.68. The third-order valence-electron chi connectivity index (χ3n) is 7.28. The molecule has 0 saturated heterocycles. The van der Waals surface area contributed by atoms with Crippen molar-refractivity contribution in [3.05, 3.63) is 0 Å². The van der Waals surface area contributed by atoms with Crippen LogP contribution in [-0.4, -0.2) is 25.2 Å². The molecule has 0 aromatic carbocycles. The normalized spacial score (nSPS) is 11.1. The molecule has 0 atom stereocenters. The summed E-state index contributed by atoms with van der Waals surface area (Å²) in [7, 11) is 0. The highest BCUT2D eigenvalue weighted by atomic mass is 16.5. The summed E-state index contributed by atoms with van der Waals surface area (Å²) >= 11 is 0. The SMILES string of the molecule is CCCCCCCCOC(=O)CCCCCCCCCCCCCCCC(=O)OCCCCCCCC. The van der Waals surface area contributed by atoms with Gasteiger partial charge < -0.3 is 9.47 Å². The Hall–Kier alpha value is -1.06. The third kappa shape index (κ3) is 31.1. The molecule has 0 aromatic heterocycles. The Bertz CT molecular complexity index is 435. The van der Waals surface area contributed by atoms with Crippen LogP contribution in [0.15, 0.2) is 0 Å². The first-order valence-electron chi connectivity index (χ1n) is 16.5. The van der Waals surface area contributed by atoms with E-state index in [9.17, 15) is 9.59 Å². The van der Waals surface area contributed by atoms with Crippen molar-refractivity contribution in [2.75, 3.05) is 13.2 Å². The lowest BCUT2D eigenvalue weighted by atomic mass is 10.0. The first-order valence-corrected chi connectivity index (χ1v) is 16.5. The van der Waals surface area contributed by atoms with E-state index in [1.165, 1.54) is 122 Å². The quantitative estimate of drug-likeness (QED) is 0.0692. The predicted molar refractivity (Wildman–Crippen MR) is 158 cm³/mol. The highest BCUT2D eigenvalue weighted by Crippen LogP contribution is 2.14. The second-order valence-corrected chi connectivity index (χ2v) is 11.1. The van der Waals surface area contributed by atoms with Gasteiger partial charge in [0.15, 0.2) is 0 Å². The zero-order chi connectivity index (χ0) is 27.1. The van der Waals surface area contributed by atoms with Crippen molar-refractivity contribution < 1.29 is 19.1 Å². The lowest BCUT2D eigenvalue weighted by molar-refractivity contribution is -0.144. The fraction of sp³-hybridized carbons (Fsp3) is 0.939.